The Labute approximate surface area is 118 Å². The van der Waals surface area contributed by atoms with Crippen molar-refractivity contribution in [1.82, 2.24) is 9.38 Å². The molecule has 2 heterocycles. The molecule has 0 bridgehead atoms. The molecule has 0 amide bonds. The molecule has 1 saturated carbocycles. The maximum absolute atomic E-state index is 11.0. The van der Waals surface area contributed by atoms with Gasteiger partial charge in [0.1, 0.15) is 17.3 Å². The van der Waals surface area contributed by atoms with Crippen LogP contribution in [0.3, 0.4) is 0 Å². The number of imidazole rings is 1. The molecule has 1 fully saturated rings. The summed E-state index contributed by atoms with van der Waals surface area (Å²) < 4.78 is 2.09. The number of thiazole rings is 1. The molecule has 0 spiro atoms. The predicted molar refractivity (Wildman–Crippen MR) is 78.6 cm³/mol. The molecule has 2 aromatic rings. The van der Waals surface area contributed by atoms with E-state index in [-0.39, 0.29) is 11.5 Å². The quantitative estimate of drug-likeness (QED) is 0.922. The van der Waals surface area contributed by atoms with E-state index in [1.54, 1.807) is 11.3 Å². The van der Waals surface area contributed by atoms with Crippen LogP contribution in [0.4, 0.5) is 0 Å². The highest BCUT2D eigenvalue weighted by molar-refractivity contribution is 7.17. The summed E-state index contributed by atoms with van der Waals surface area (Å²) in [7, 11) is 0. The monoisotopic (exact) mass is 278 g/mol. The maximum atomic E-state index is 11.0. The van der Waals surface area contributed by atoms with Gasteiger partial charge in [0, 0.05) is 4.88 Å². The number of fused-ring (bicyclic) bond motifs is 1. The van der Waals surface area contributed by atoms with Crippen molar-refractivity contribution in [1.29, 1.82) is 0 Å². The van der Waals surface area contributed by atoms with Crippen molar-refractivity contribution in [2.75, 3.05) is 0 Å². The zero-order valence-electron chi connectivity index (χ0n) is 11.7. The lowest BCUT2D eigenvalue weighted by atomic mass is 9.70. The third kappa shape index (κ3) is 2.11. The largest absolute Gasteiger partial charge is 0.386 e. The number of rotatable bonds is 3. The van der Waals surface area contributed by atoms with Gasteiger partial charge in [-0.25, -0.2) is 4.98 Å². The fourth-order valence-electron chi connectivity index (χ4n) is 3.35. The van der Waals surface area contributed by atoms with Gasteiger partial charge in [-0.2, -0.15) is 0 Å². The Morgan fingerprint density at radius 1 is 1.42 bits per heavy atom. The molecule has 1 aliphatic rings. The molecule has 104 valence electrons. The van der Waals surface area contributed by atoms with Crippen molar-refractivity contribution in [3.63, 3.8) is 0 Å². The lowest BCUT2D eigenvalue weighted by molar-refractivity contribution is 0.00433. The van der Waals surface area contributed by atoms with E-state index in [4.69, 9.17) is 0 Å². The minimum Gasteiger partial charge on any atom is -0.386 e. The molecule has 1 unspecified atom stereocenters. The van der Waals surface area contributed by atoms with Gasteiger partial charge in [0.2, 0.25) is 0 Å². The van der Waals surface area contributed by atoms with E-state index in [1.807, 2.05) is 12.5 Å². The summed E-state index contributed by atoms with van der Waals surface area (Å²) in [6.45, 7) is 4.41. The van der Waals surface area contributed by atoms with Crippen molar-refractivity contribution >= 4 is 16.2 Å². The topological polar surface area (TPSA) is 37.5 Å². The van der Waals surface area contributed by atoms with Gasteiger partial charge in [-0.3, -0.25) is 4.40 Å². The highest BCUT2D eigenvalue weighted by Crippen LogP contribution is 2.47. The first-order chi connectivity index (χ1) is 9.15. The molecule has 0 aliphatic heterocycles. The summed E-state index contributed by atoms with van der Waals surface area (Å²) in [5, 5.41) is 11.0. The number of hydrogen-bond donors (Lipinski definition) is 1. The van der Waals surface area contributed by atoms with Crippen molar-refractivity contribution < 1.29 is 5.11 Å². The average Bonchev–Trinajstić information content (AvgIpc) is 2.98. The SMILES string of the molecule is CCc1sc2cncn2c1C(O)C1(C)CCCCC1. The Balaban J connectivity index is 2.04. The van der Waals surface area contributed by atoms with Gasteiger partial charge < -0.3 is 5.11 Å². The predicted octanol–water partition coefficient (Wildman–Crippen LogP) is 3.96. The van der Waals surface area contributed by atoms with Crippen LogP contribution in [0.2, 0.25) is 0 Å². The Kier molecular flexibility index (Phi) is 3.39. The van der Waals surface area contributed by atoms with Crippen LogP contribution in [-0.2, 0) is 6.42 Å². The van der Waals surface area contributed by atoms with E-state index < -0.39 is 0 Å². The maximum Gasteiger partial charge on any atom is 0.120 e. The fraction of sp³-hybridized carbons (Fsp3) is 0.667. The molecule has 3 nitrogen and oxygen atoms in total. The van der Waals surface area contributed by atoms with Crippen LogP contribution < -0.4 is 0 Å². The highest BCUT2D eigenvalue weighted by Gasteiger charge is 2.38. The molecule has 0 aromatic carbocycles. The van der Waals surface area contributed by atoms with E-state index in [2.05, 4.69) is 23.2 Å². The lowest BCUT2D eigenvalue weighted by Gasteiger charge is -2.38. The zero-order valence-corrected chi connectivity index (χ0v) is 12.5. The third-order valence-corrected chi connectivity index (χ3v) is 5.87. The number of aliphatic hydroxyl groups is 1. The van der Waals surface area contributed by atoms with Crippen LogP contribution in [0.1, 0.15) is 62.6 Å². The Morgan fingerprint density at radius 2 is 2.16 bits per heavy atom. The second kappa shape index (κ2) is 4.91. The van der Waals surface area contributed by atoms with Crippen molar-refractivity contribution in [2.45, 2.75) is 58.5 Å². The standard InChI is InChI=1S/C15H22N2OS/c1-3-11-13(17-10-16-9-12(17)19-11)14(18)15(2)7-5-4-6-8-15/h9-10,14,18H,3-8H2,1-2H3. The molecule has 0 radical (unpaired) electrons. The molecule has 4 heteroatoms. The van der Waals surface area contributed by atoms with Gasteiger partial charge in [-0.15, -0.1) is 11.3 Å². The van der Waals surface area contributed by atoms with Crippen molar-refractivity contribution in [2.24, 2.45) is 5.41 Å². The summed E-state index contributed by atoms with van der Waals surface area (Å²) in [6.07, 6.45) is 10.4. The molecular formula is C15H22N2OS. The fourth-order valence-corrected chi connectivity index (χ4v) is 4.42. The molecule has 0 saturated heterocycles. The van der Waals surface area contributed by atoms with E-state index in [9.17, 15) is 5.11 Å². The number of aromatic nitrogens is 2. The van der Waals surface area contributed by atoms with Gasteiger partial charge in [0.25, 0.3) is 0 Å². The normalized spacial score (nSPS) is 20.8. The van der Waals surface area contributed by atoms with Gasteiger partial charge in [0.15, 0.2) is 0 Å². The molecule has 19 heavy (non-hydrogen) atoms. The molecule has 2 aromatic heterocycles. The minimum absolute atomic E-state index is 0.0282. The molecule has 1 aliphatic carbocycles. The second-order valence-electron chi connectivity index (χ2n) is 5.98. The highest BCUT2D eigenvalue weighted by atomic mass is 32.1. The Bertz CT molecular complexity index is 566. The van der Waals surface area contributed by atoms with E-state index in [1.165, 1.54) is 24.1 Å². The molecule has 1 atom stereocenters. The number of hydrogen-bond acceptors (Lipinski definition) is 3. The van der Waals surface area contributed by atoms with Crippen LogP contribution in [0, 0.1) is 5.41 Å². The van der Waals surface area contributed by atoms with Crippen LogP contribution in [0.5, 0.6) is 0 Å². The van der Waals surface area contributed by atoms with Crippen molar-refractivity contribution in [3.8, 4) is 0 Å². The minimum atomic E-state index is -0.370. The summed E-state index contributed by atoms with van der Waals surface area (Å²) in [5.74, 6) is 0. The first kappa shape index (κ1) is 13.1. The smallest absolute Gasteiger partial charge is 0.120 e. The molecule has 1 N–H and O–H groups in total. The summed E-state index contributed by atoms with van der Waals surface area (Å²) in [6, 6.07) is 0. The molecular weight excluding hydrogens is 256 g/mol. The van der Waals surface area contributed by atoms with Crippen LogP contribution >= 0.6 is 11.3 Å². The van der Waals surface area contributed by atoms with E-state index >= 15 is 0 Å². The van der Waals surface area contributed by atoms with Crippen LogP contribution in [0.15, 0.2) is 12.5 Å². The number of aliphatic hydroxyl groups excluding tert-OH is 1. The summed E-state index contributed by atoms with van der Waals surface area (Å²) in [5.41, 5.74) is 1.12. The van der Waals surface area contributed by atoms with Gasteiger partial charge in [-0.05, 0) is 24.7 Å². The van der Waals surface area contributed by atoms with Gasteiger partial charge >= 0.3 is 0 Å². The lowest BCUT2D eigenvalue weighted by Crippen LogP contribution is -2.29. The number of nitrogens with zero attached hydrogens (tertiary/aromatic N) is 2. The van der Waals surface area contributed by atoms with Gasteiger partial charge in [-0.1, -0.05) is 33.1 Å². The van der Waals surface area contributed by atoms with Crippen LogP contribution in [-0.4, -0.2) is 14.5 Å². The number of aryl methyl sites for hydroxylation is 1. The summed E-state index contributed by atoms with van der Waals surface area (Å²) >= 11 is 1.76. The Hall–Kier alpha value is -0.870. The second-order valence-corrected chi connectivity index (χ2v) is 7.10. The van der Waals surface area contributed by atoms with E-state index in [0.29, 0.717) is 0 Å². The third-order valence-electron chi connectivity index (χ3n) is 4.61. The molecule has 3 rings (SSSR count). The van der Waals surface area contributed by atoms with Gasteiger partial charge in [0.05, 0.1) is 11.9 Å². The first-order valence-electron chi connectivity index (χ1n) is 7.27. The average molecular weight is 278 g/mol. The first-order valence-corrected chi connectivity index (χ1v) is 8.09. The zero-order chi connectivity index (χ0) is 13.5. The summed E-state index contributed by atoms with van der Waals surface area (Å²) in [4.78, 5) is 6.66. The van der Waals surface area contributed by atoms with Crippen molar-refractivity contribution in [3.05, 3.63) is 23.1 Å². The Morgan fingerprint density at radius 3 is 2.84 bits per heavy atom. The van der Waals surface area contributed by atoms with Crippen LogP contribution in [0.25, 0.3) is 4.83 Å². The van der Waals surface area contributed by atoms with E-state index in [0.717, 1.165) is 29.8 Å².